The van der Waals surface area contributed by atoms with E-state index in [9.17, 15) is 9.18 Å². The molecule has 2 heterocycles. The van der Waals surface area contributed by atoms with Crippen LogP contribution >= 0.6 is 11.8 Å². The molecule has 0 aliphatic heterocycles. The minimum atomic E-state index is -0.301. The monoisotopic (exact) mass is 374 g/mol. The van der Waals surface area contributed by atoms with Crippen molar-refractivity contribution in [1.82, 2.24) is 29.9 Å². The third-order valence-corrected chi connectivity index (χ3v) is 4.96. The second-order valence-corrected chi connectivity index (χ2v) is 6.51. The number of hydrogen-bond acceptors (Lipinski definition) is 6. The average Bonchev–Trinajstić information content (AvgIpc) is 3.06. The number of benzene rings is 1. The fourth-order valence-corrected chi connectivity index (χ4v) is 3.40. The largest absolute Gasteiger partial charge is 0.343 e. The minimum Gasteiger partial charge on any atom is -0.343 e. The van der Waals surface area contributed by atoms with Gasteiger partial charge in [0, 0.05) is 18.7 Å². The van der Waals surface area contributed by atoms with Gasteiger partial charge < -0.3 is 4.90 Å². The Kier molecular flexibility index (Phi) is 5.77. The molecule has 1 amide bonds. The third-order valence-electron chi connectivity index (χ3n) is 3.99. The van der Waals surface area contributed by atoms with Crippen molar-refractivity contribution < 1.29 is 9.18 Å². The fourth-order valence-electron chi connectivity index (χ4n) is 2.57. The van der Waals surface area contributed by atoms with Gasteiger partial charge in [-0.1, -0.05) is 35.2 Å². The second-order valence-electron chi connectivity index (χ2n) is 5.54. The summed E-state index contributed by atoms with van der Waals surface area (Å²) < 4.78 is 15.4. The van der Waals surface area contributed by atoms with Gasteiger partial charge in [-0.05, 0) is 19.9 Å². The van der Waals surface area contributed by atoms with E-state index < -0.39 is 0 Å². The number of halogens is 1. The first-order chi connectivity index (χ1) is 12.6. The quantitative estimate of drug-likeness (QED) is 0.467. The number of rotatable bonds is 7. The summed E-state index contributed by atoms with van der Waals surface area (Å²) in [7, 11) is 0. The van der Waals surface area contributed by atoms with Gasteiger partial charge in [-0.3, -0.25) is 4.79 Å². The average molecular weight is 374 g/mol. The van der Waals surface area contributed by atoms with Crippen LogP contribution in [0.3, 0.4) is 0 Å². The molecule has 0 N–H and O–H groups in total. The summed E-state index contributed by atoms with van der Waals surface area (Å²) in [5, 5.41) is 8.80. The molecule has 0 spiro atoms. The van der Waals surface area contributed by atoms with Crippen LogP contribution in [0.4, 0.5) is 4.39 Å². The molecule has 1 aromatic carbocycles. The molecular formula is C17H19FN6OS. The van der Waals surface area contributed by atoms with Gasteiger partial charge >= 0.3 is 0 Å². The summed E-state index contributed by atoms with van der Waals surface area (Å²) in [6.45, 7) is 5.47. The van der Waals surface area contributed by atoms with Gasteiger partial charge in [0.05, 0.1) is 12.3 Å². The Morgan fingerprint density at radius 1 is 1.23 bits per heavy atom. The summed E-state index contributed by atoms with van der Waals surface area (Å²) in [6.07, 6.45) is 1.41. The van der Waals surface area contributed by atoms with E-state index in [2.05, 4.69) is 20.3 Å². The summed E-state index contributed by atoms with van der Waals surface area (Å²) >= 11 is 1.31. The van der Waals surface area contributed by atoms with Crippen LogP contribution in [0.15, 0.2) is 35.6 Å². The summed E-state index contributed by atoms with van der Waals surface area (Å²) in [6, 6.07) is 6.51. The molecule has 0 saturated heterocycles. The van der Waals surface area contributed by atoms with E-state index >= 15 is 0 Å². The molecule has 0 saturated carbocycles. The zero-order chi connectivity index (χ0) is 18.5. The molecule has 0 aliphatic rings. The molecule has 2 aromatic heterocycles. The van der Waals surface area contributed by atoms with Crippen molar-refractivity contribution in [3.63, 3.8) is 0 Å². The molecule has 0 fully saturated rings. The predicted octanol–water partition coefficient (Wildman–Crippen LogP) is 2.37. The maximum Gasteiger partial charge on any atom is 0.232 e. The lowest BCUT2D eigenvalue weighted by molar-refractivity contribution is -0.127. The molecular weight excluding hydrogens is 355 g/mol. The Hall–Kier alpha value is -2.55. The smallest absolute Gasteiger partial charge is 0.232 e. The van der Waals surface area contributed by atoms with Crippen LogP contribution in [0.25, 0.3) is 11.2 Å². The van der Waals surface area contributed by atoms with Crippen LogP contribution < -0.4 is 0 Å². The fraction of sp³-hybridized carbons (Fsp3) is 0.353. The van der Waals surface area contributed by atoms with E-state index in [1.807, 2.05) is 13.8 Å². The first kappa shape index (κ1) is 18.2. The SMILES string of the molecule is CCN(CC)C(=O)CSc1ncnc2c1nnn2Cc1ccccc1F. The number of carbonyl (C=O) groups is 1. The van der Waals surface area contributed by atoms with Crippen LogP contribution in [0.2, 0.25) is 0 Å². The maximum absolute atomic E-state index is 13.9. The highest BCUT2D eigenvalue weighted by Crippen LogP contribution is 2.23. The molecule has 0 aliphatic carbocycles. The van der Waals surface area contributed by atoms with E-state index in [1.54, 1.807) is 23.1 Å². The molecule has 7 nitrogen and oxygen atoms in total. The molecule has 0 atom stereocenters. The first-order valence-electron chi connectivity index (χ1n) is 8.32. The van der Waals surface area contributed by atoms with Crippen molar-refractivity contribution in [1.29, 1.82) is 0 Å². The Morgan fingerprint density at radius 3 is 2.73 bits per heavy atom. The van der Waals surface area contributed by atoms with E-state index in [-0.39, 0.29) is 24.0 Å². The Morgan fingerprint density at radius 2 is 2.00 bits per heavy atom. The molecule has 0 radical (unpaired) electrons. The highest BCUT2D eigenvalue weighted by molar-refractivity contribution is 8.00. The van der Waals surface area contributed by atoms with Crippen LogP contribution in [-0.2, 0) is 11.3 Å². The zero-order valence-corrected chi connectivity index (χ0v) is 15.4. The van der Waals surface area contributed by atoms with Crippen LogP contribution in [0.5, 0.6) is 0 Å². The van der Waals surface area contributed by atoms with Gasteiger partial charge in [-0.2, -0.15) is 0 Å². The number of aromatic nitrogens is 5. The summed E-state index contributed by atoms with van der Waals surface area (Å²) in [4.78, 5) is 22.4. The van der Waals surface area contributed by atoms with Gasteiger partial charge in [-0.15, -0.1) is 5.10 Å². The number of hydrogen-bond donors (Lipinski definition) is 0. The van der Waals surface area contributed by atoms with Gasteiger partial charge in [0.15, 0.2) is 11.2 Å². The molecule has 136 valence electrons. The van der Waals surface area contributed by atoms with Gasteiger partial charge in [-0.25, -0.2) is 19.0 Å². The van der Waals surface area contributed by atoms with Crippen molar-refractivity contribution in [2.75, 3.05) is 18.8 Å². The highest BCUT2D eigenvalue weighted by atomic mass is 32.2. The van der Waals surface area contributed by atoms with E-state index in [1.165, 1.54) is 28.8 Å². The second kappa shape index (κ2) is 8.22. The normalized spacial score (nSPS) is 11.0. The van der Waals surface area contributed by atoms with Crippen molar-refractivity contribution in [2.24, 2.45) is 0 Å². The van der Waals surface area contributed by atoms with E-state index in [4.69, 9.17) is 0 Å². The van der Waals surface area contributed by atoms with Gasteiger partial charge in [0.25, 0.3) is 0 Å². The van der Waals surface area contributed by atoms with Crippen molar-refractivity contribution >= 4 is 28.8 Å². The van der Waals surface area contributed by atoms with Crippen molar-refractivity contribution in [3.8, 4) is 0 Å². The van der Waals surface area contributed by atoms with Crippen LogP contribution in [-0.4, -0.2) is 54.6 Å². The molecule has 9 heteroatoms. The maximum atomic E-state index is 13.9. The lowest BCUT2D eigenvalue weighted by Crippen LogP contribution is -2.31. The summed E-state index contributed by atoms with van der Waals surface area (Å²) in [5.41, 5.74) is 1.53. The first-order valence-corrected chi connectivity index (χ1v) is 9.30. The van der Waals surface area contributed by atoms with Crippen molar-refractivity contribution in [2.45, 2.75) is 25.4 Å². The standard InChI is InChI=1S/C17H19FN6OS/c1-3-23(4-2)14(25)10-26-17-15-16(19-11-20-17)24(22-21-15)9-12-7-5-6-8-13(12)18/h5-8,11H,3-4,9-10H2,1-2H3. The number of fused-ring (bicyclic) bond motifs is 1. The lowest BCUT2D eigenvalue weighted by atomic mass is 10.2. The number of carbonyl (C=O) groups excluding carboxylic acids is 1. The molecule has 3 aromatic rings. The Balaban J connectivity index is 1.80. The van der Waals surface area contributed by atoms with Gasteiger partial charge in [0.1, 0.15) is 17.2 Å². The van der Waals surface area contributed by atoms with Crippen LogP contribution in [0, 0.1) is 5.82 Å². The molecule has 26 heavy (non-hydrogen) atoms. The Bertz CT molecular complexity index is 911. The van der Waals surface area contributed by atoms with E-state index in [0.29, 0.717) is 34.8 Å². The van der Waals surface area contributed by atoms with Crippen molar-refractivity contribution in [3.05, 3.63) is 42.0 Å². The van der Waals surface area contributed by atoms with E-state index in [0.717, 1.165) is 0 Å². The minimum absolute atomic E-state index is 0.0468. The third kappa shape index (κ3) is 3.82. The molecule has 0 unspecified atom stereocenters. The number of nitrogens with zero attached hydrogens (tertiary/aromatic N) is 6. The highest BCUT2D eigenvalue weighted by Gasteiger charge is 2.16. The zero-order valence-electron chi connectivity index (χ0n) is 14.6. The summed E-state index contributed by atoms with van der Waals surface area (Å²) in [5.74, 6) is 0.0173. The Labute approximate surface area is 154 Å². The topological polar surface area (TPSA) is 76.8 Å². The molecule has 0 bridgehead atoms. The number of thioether (sulfide) groups is 1. The molecule has 3 rings (SSSR count). The predicted molar refractivity (Wildman–Crippen MR) is 97.3 cm³/mol. The van der Waals surface area contributed by atoms with Gasteiger partial charge in [0.2, 0.25) is 5.91 Å². The van der Waals surface area contributed by atoms with Crippen LogP contribution in [0.1, 0.15) is 19.4 Å². The lowest BCUT2D eigenvalue weighted by Gasteiger charge is -2.17. The number of amides is 1.